The zero-order valence-electron chi connectivity index (χ0n) is 14.2. The summed E-state index contributed by atoms with van der Waals surface area (Å²) in [6.45, 7) is 4.93. The van der Waals surface area contributed by atoms with Crippen molar-refractivity contribution in [2.75, 3.05) is 32.8 Å². The Bertz CT molecular complexity index is 492. The van der Waals surface area contributed by atoms with Crippen molar-refractivity contribution in [1.82, 2.24) is 4.90 Å². The number of nitrogens with zero attached hydrogens (tertiary/aromatic N) is 1. The first-order valence-corrected chi connectivity index (χ1v) is 9.85. The molecule has 0 saturated carbocycles. The molecule has 1 aromatic rings. The van der Waals surface area contributed by atoms with Crippen LogP contribution in [0.15, 0.2) is 18.2 Å². The van der Waals surface area contributed by atoms with Gasteiger partial charge in [-0.05, 0) is 62.3 Å². The van der Waals surface area contributed by atoms with Gasteiger partial charge < -0.3 is 14.4 Å². The van der Waals surface area contributed by atoms with Gasteiger partial charge in [0.2, 0.25) is 0 Å². The minimum absolute atomic E-state index is 0.323. The molecule has 1 aromatic carbocycles. The molecule has 24 heavy (non-hydrogen) atoms. The van der Waals surface area contributed by atoms with E-state index in [1.54, 1.807) is 6.07 Å². The molecule has 1 unspecified atom stereocenters. The summed E-state index contributed by atoms with van der Waals surface area (Å²) < 4.78 is 11.8. The lowest BCUT2D eigenvalue weighted by Crippen LogP contribution is -2.39. The summed E-state index contributed by atoms with van der Waals surface area (Å²) in [6, 6.07) is 5.80. The average molecular weight is 372 g/mol. The first-order chi connectivity index (χ1) is 11.7. The summed E-state index contributed by atoms with van der Waals surface area (Å²) in [4.78, 5) is 2.51. The maximum absolute atomic E-state index is 6.08. The third kappa shape index (κ3) is 5.89. The lowest BCUT2D eigenvalue weighted by molar-refractivity contribution is -0.0748. The molecule has 2 fully saturated rings. The summed E-state index contributed by atoms with van der Waals surface area (Å²) >= 11 is 12.1. The Hall–Kier alpha value is -0.320. The van der Waals surface area contributed by atoms with E-state index in [0.717, 1.165) is 68.6 Å². The monoisotopic (exact) mass is 371 g/mol. The van der Waals surface area contributed by atoms with E-state index in [1.807, 2.05) is 12.1 Å². The Morgan fingerprint density at radius 3 is 2.46 bits per heavy atom. The molecular formula is C19H27Cl2NO2. The van der Waals surface area contributed by atoms with E-state index in [9.17, 15) is 0 Å². The fourth-order valence-corrected chi connectivity index (χ4v) is 4.10. The zero-order valence-corrected chi connectivity index (χ0v) is 15.7. The molecule has 0 N–H and O–H groups in total. The molecule has 0 amide bonds. The minimum Gasteiger partial charge on any atom is -0.376 e. The molecule has 134 valence electrons. The highest BCUT2D eigenvalue weighted by Crippen LogP contribution is 2.21. The second kappa shape index (κ2) is 9.40. The summed E-state index contributed by atoms with van der Waals surface area (Å²) in [6.07, 6.45) is 7.57. The molecule has 1 atom stereocenters. The summed E-state index contributed by atoms with van der Waals surface area (Å²) in [5.41, 5.74) is 1.21. The maximum Gasteiger partial charge on any atom is 0.0808 e. The second-order valence-electron chi connectivity index (χ2n) is 6.89. The van der Waals surface area contributed by atoms with Gasteiger partial charge in [-0.1, -0.05) is 23.2 Å². The Morgan fingerprint density at radius 1 is 1.04 bits per heavy atom. The van der Waals surface area contributed by atoms with Crippen LogP contribution < -0.4 is 0 Å². The van der Waals surface area contributed by atoms with Crippen molar-refractivity contribution in [3.63, 3.8) is 0 Å². The Morgan fingerprint density at radius 2 is 1.79 bits per heavy atom. The lowest BCUT2D eigenvalue weighted by Gasteiger charge is -2.33. The van der Waals surface area contributed by atoms with E-state index in [2.05, 4.69) is 4.90 Å². The molecule has 2 aliphatic heterocycles. The van der Waals surface area contributed by atoms with Gasteiger partial charge in [0.15, 0.2) is 0 Å². The average Bonchev–Trinajstić information content (AvgIpc) is 2.59. The summed E-state index contributed by atoms with van der Waals surface area (Å²) in [5.74, 6) is 0. The molecule has 0 bridgehead atoms. The van der Waals surface area contributed by atoms with Crippen LogP contribution in [0.2, 0.25) is 10.0 Å². The third-order valence-corrected chi connectivity index (χ3v) is 5.40. The summed E-state index contributed by atoms with van der Waals surface area (Å²) in [5, 5.41) is 1.43. The fourth-order valence-electron chi connectivity index (χ4n) is 3.52. The van der Waals surface area contributed by atoms with Gasteiger partial charge in [0, 0.05) is 36.3 Å². The molecule has 5 heteroatoms. The Labute approximate surface area is 155 Å². The molecule has 0 spiro atoms. The molecule has 2 aliphatic rings. The van der Waals surface area contributed by atoms with Crippen LogP contribution in [0.5, 0.6) is 0 Å². The number of hydrogen-bond acceptors (Lipinski definition) is 3. The second-order valence-corrected chi connectivity index (χ2v) is 7.76. The van der Waals surface area contributed by atoms with Gasteiger partial charge in [0.05, 0.1) is 18.8 Å². The first kappa shape index (κ1) is 18.5. The summed E-state index contributed by atoms with van der Waals surface area (Å²) in [7, 11) is 0. The number of piperidine rings is 1. The molecular weight excluding hydrogens is 345 g/mol. The van der Waals surface area contributed by atoms with Crippen molar-refractivity contribution in [1.29, 1.82) is 0 Å². The predicted molar refractivity (Wildman–Crippen MR) is 99.2 cm³/mol. The Balaban J connectivity index is 1.34. The van der Waals surface area contributed by atoms with Gasteiger partial charge in [-0.25, -0.2) is 0 Å². The van der Waals surface area contributed by atoms with Gasteiger partial charge >= 0.3 is 0 Å². The lowest BCUT2D eigenvalue weighted by atomic mass is 10.1. The Kier molecular flexibility index (Phi) is 7.23. The number of ether oxygens (including phenoxy) is 2. The van der Waals surface area contributed by atoms with Crippen LogP contribution in [0, 0.1) is 0 Å². The molecule has 3 rings (SSSR count). The largest absolute Gasteiger partial charge is 0.376 e. The van der Waals surface area contributed by atoms with Crippen molar-refractivity contribution in [3.05, 3.63) is 33.8 Å². The number of rotatable bonds is 6. The van der Waals surface area contributed by atoms with Gasteiger partial charge in [-0.3, -0.25) is 0 Å². The van der Waals surface area contributed by atoms with Crippen molar-refractivity contribution in [2.24, 2.45) is 0 Å². The first-order valence-electron chi connectivity index (χ1n) is 9.09. The van der Waals surface area contributed by atoms with E-state index in [1.165, 1.54) is 18.4 Å². The zero-order chi connectivity index (χ0) is 16.8. The van der Waals surface area contributed by atoms with Crippen LogP contribution in [0.3, 0.4) is 0 Å². The smallest absolute Gasteiger partial charge is 0.0808 e. The van der Waals surface area contributed by atoms with Gasteiger partial charge in [0.25, 0.3) is 0 Å². The quantitative estimate of drug-likeness (QED) is 0.729. The van der Waals surface area contributed by atoms with Crippen LogP contribution in [0.25, 0.3) is 0 Å². The van der Waals surface area contributed by atoms with Gasteiger partial charge in [-0.15, -0.1) is 0 Å². The molecule has 2 saturated heterocycles. The van der Waals surface area contributed by atoms with E-state index >= 15 is 0 Å². The van der Waals surface area contributed by atoms with Crippen LogP contribution in [-0.4, -0.2) is 50.0 Å². The van der Waals surface area contributed by atoms with Crippen LogP contribution >= 0.6 is 23.2 Å². The number of likely N-dealkylation sites (tertiary alicyclic amines) is 1. The highest BCUT2D eigenvalue weighted by Gasteiger charge is 2.22. The number of benzene rings is 1. The predicted octanol–water partition coefficient (Wildman–Crippen LogP) is 4.59. The molecule has 0 aromatic heterocycles. The van der Waals surface area contributed by atoms with E-state index in [-0.39, 0.29) is 0 Å². The maximum atomic E-state index is 6.08. The highest BCUT2D eigenvalue weighted by molar-refractivity contribution is 6.34. The van der Waals surface area contributed by atoms with Crippen molar-refractivity contribution in [2.45, 2.75) is 50.7 Å². The standard InChI is InChI=1S/C19H27Cl2NO2/c20-16-11-15(12-17(21)13-16)4-7-22-8-5-18(6-9-22)24-14-19-3-1-2-10-23-19/h11-13,18-19H,1-10,14H2. The van der Waals surface area contributed by atoms with Gasteiger partial charge in [0.1, 0.15) is 0 Å². The molecule has 3 nitrogen and oxygen atoms in total. The third-order valence-electron chi connectivity index (χ3n) is 4.97. The van der Waals surface area contributed by atoms with Crippen molar-refractivity contribution < 1.29 is 9.47 Å². The van der Waals surface area contributed by atoms with Crippen LogP contribution in [0.4, 0.5) is 0 Å². The SMILES string of the molecule is Clc1cc(Cl)cc(CCN2CCC(OCC3CCCCO3)CC2)c1. The van der Waals surface area contributed by atoms with Gasteiger partial charge in [-0.2, -0.15) is 0 Å². The number of halogens is 2. The molecule has 0 radical (unpaired) electrons. The van der Waals surface area contributed by atoms with E-state index < -0.39 is 0 Å². The minimum atomic E-state index is 0.323. The molecule has 0 aliphatic carbocycles. The topological polar surface area (TPSA) is 21.7 Å². The van der Waals surface area contributed by atoms with Crippen LogP contribution in [-0.2, 0) is 15.9 Å². The fraction of sp³-hybridized carbons (Fsp3) is 0.684. The molecule has 2 heterocycles. The van der Waals surface area contributed by atoms with Crippen LogP contribution in [0.1, 0.15) is 37.7 Å². The number of hydrogen-bond donors (Lipinski definition) is 0. The normalized spacial score (nSPS) is 23.5. The van der Waals surface area contributed by atoms with Crippen molar-refractivity contribution in [3.8, 4) is 0 Å². The van der Waals surface area contributed by atoms with Crippen molar-refractivity contribution >= 4 is 23.2 Å². The van der Waals surface area contributed by atoms with E-state index in [4.69, 9.17) is 32.7 Å². The highest BCUT2D eigenvalue weighted by atomic mass is 35.5. The van der Waals surface area contributed by atoms with E-state index in [0.29, 0.717) is 12.2 Å².